The number of fused-ring (bicyclic) bond motifs is 2. The Morgan fingerprint density at radius 2 is 1.31 bits per heavy atom. The Hall–Kier alpha value is -0.281. The van der Waals surface area contributed by atoms with Crippen LogP contribution in [0.3, 0.4) is 0 Å². The fraction of sp³-hybridized carbons (Fsp3) is 0. The van der Waals surface area contributed by atoms with Crippen LogP contribution in [0, 0.1) is 0 Å². The van der Waals surface area contributed by atoms with Gasteiger partial charge in [0.2, 0.25) is 0 Å². The van der Waals surface area contributed by atoms with Crippen molar-refractivity contribution in [2.75, 3.05) is 5.32 Å². The molecule has 0 saturated carbocycles. The first-order chi connectivity index (χ1) is 7.72. The van der Waals surface area contributed by atoms with E-state index in [1.165, 1.54) is 20.3 Å². The number of rotatable bonds is 0. The number of anilines is 2. The summed E-state index contributed by atoms with van der Waals surface area (Å²) >= 11 is 7.41. The fourth-order valence-electron chi connectivity index (χ4n) is 1.63. The van der Waals surface area contributed by atoms with Crippen molar-refractivity contribution in [1.82, 2.24) is 0 Å². The molecule has 0 atom stereocenters. The van der Waals surface area contributed by atoms with Crippen LogP contribution in [0.5, 0.6) is 0 Å². The molecule has 0 aromatic heterocycles. The van der Waals surface area contributed by atoms with Crippen LogP contribution >= 0.6 is 31.9 Å². The van der Waals surface area contributed by atoms with E-state index in [9.17, 15) is 0 Å². The second-order valence-corrected chi connectivity index (χ2v) is 7.61. The van der Waals surface area contributed by atoms with E-state index in [4.69, 9.17) is 0 Å². The van der Waals surface area contributed by atoms with Crippen molar-refractivity contribution in [1.29, 1.82) is 0 Å². The van der Waals surface area contributed by atoms with Crippen LogP contribution < -0.4 is 14.2 Å². The molecule has 0 aliphatic carbocycles. The Labute approximate surface area is 117 Å². The van der Waals surface area contributed by atoms with Crippen molar-refractivity contribution in [3.05, 3.63) is 45.3 Å². The molecule has 1 aliphatic rings. The fourth-order valence-corrected chi connectivity index (χ4v) is 5.27. The topological polar surface area (TPSA) is 12.0 Å². The van der Waals surface area contributed by atoms with Crippen molar-refractivity contribution < 1.29 is 0 Å². The van der Waals surface area contributed by atoms with Gasteiger partial charge in [0.1, 0.15) is 0 Å². The molecule has 0 fully saturated rings. The molecular formula is C12H7Br2NSe+. The summed E-state index contributed by atoms with van der Waals surface area (Å²) in [5.74, 6) is 0. The molecule has 2 aromatic carbocycles. The van der Waals surface area contributed by atoms with E-state index in [0.717, 1.165) is 8.95 Å². The van der Waals surface area contributed by atoms with Crippen molar-refractivity contribution in [3.63, 3.8) is 0 Å². The third-order valence-electron chi connectivity index (χ3n) is 2.38. The van der Waals surface area contributed by atoms with Crippen LogP contribution in [0.25, 0.3) is 0 Å². The summed E-state index contributed by atoms with van der Waals surface area (Å²) in [6.45, 7) is 0. The molecule has 0 unspecified atom stereocenters. The molecule has 1 heterocycles. The average Bonchev–Trinajstić information content (AvgIpc) is 2.26. The first-order valence-corrected chi connectivity index (χ1v) is 8.06. The first kappa shape index (κ1) is 10.8. The van der Waals surface area contributed by atoms with Gasteiger partial charge in [0.05, 0.1) is 0 Å². The van der Waals surface area contributed by atoms with E-state index in [2.05, 4.69) is 73.6 Å². The van der Waals surface area contributed by atoms with Crippen LogP contribution in [0.1, 0.15) is 0 Å². The first-order valence-electron chi connectivity index (χ1n) is 4.76. The molecule has 0 bridgehead atoms. The number of nitrogens with one attached hydrogen (secondary N) is 1. The molecule has 1 nitrogen and oxygen atoms in total. The number of benzene rings is 2. The Morgan fingerprint density at radius 3 is 1.81 bits per heavy atom. The molecule has 0 amide bonds. The van der Waals surface area contributed by atoms with Gasteiger partial charge in [-0.2, -0.15) is 0 Å². The monoisotopic (exact) mass is 403 g/mol. The van der Waals surface area contributed by atoms with Crippen LogP contribution in [0.2, 0.25) is 0 Å². The zero-order valence-corrected chi connectivity index (χ0v) is 13.0. The van der Waals surface area contributed by atoms with Crippen LogP contribution in [0.4, 0.5) is 11.4 Å². The minimum atomic E-state index is 0.378. The maximum atomic E-state index is 3.52. The predicted octanol–water partition coefficient (Wildman–Crippen LogP) is 2.92. The zero-order valence-electron chi connectivity index (χ0n) is 8.13. The Morgan fingerprint density at radius 1 is 0.812 bits per heavy atom. The van der Waals surface area contributed by atoms with Crippen molar-refractivity contribution in [2.45, 2.75) is 0 Å². The van der Waals surface area contributed by atoms with Crippen LogP contribution in [0.15, 0.2) is 45.3 Å². The molecule has 2 aromatic rings. The SMILES string of the molecule is Brc1ccc2c(c1)[Se+]c1cc(Br)ccc1N2. The zero-order chi connectivity index (χ0) is 11.1. The number of halogens is 2. The van der Waals surface area contributed by atoms with E-state index < -0.39 is 0 Å². The van der Waals surface area contributed by atoms with Gasteiger partial charge in [-0.05, 0) is 0 Å². The number of hydrogen-bond donors (Lipinski definition) is 1. The quantitative estimate of drug-likeness (QED) is 0.569. The van der Waals surface area contributed by atoms with Crippen LogP contribution in [-0.4, -0.2) is 15.0 Å². The van der Waals surface area contributed by atoms with Crippen LogP contribution in [-0.2, 0) is 0 Å². The van der Waals surface area contributed by atoms with E-state index in [1.54, 1.807) is 0 Å². The van der Waals surface area contributed by atoms with Crippen molar-refractivity contribution >= 4 is 67.1 Å². The summed E-state index contributed by atoms with van der Waals surface area (Å²) in [7, 11) is 0. The Bertz CT molecular complexity index is 519. The minimum absolute atomic E-state index is 0.378. The Balaban J connectivity index is 2.10. The molecule has 1 N–H and O–H groups in total. The van der Waals surface area contributed by atoms with E-state index >= 15 is 0 Å². The van der Waals surface area contributed by atoms with Crippen molar-refractivity contribution in [2.24, 2.45) is 0 Å². The maximum absolute atomic E-state index is 3.52. The second-order valence-electron chi connectivity index (χ2n) is 3.51. The summed E-state index contributed by atoms with van der Waals surface area (Å²) in [5, 5.41) is 3.47. The van der Waals surface area contributed by atoms with Gasteiger partial charge in [-0.15, -0.1) is 0 Å². The summed E-state index contributed by atoms with van der Waals surface area (Å²) in [4.78, 5) is 0. The van der Waals surface area contributed by atoms with Gasteiger partial charge in [0.25, 0.3) is 0 Å². The van der Waals surface area contributed by atoms with E-state index in [0.29, 0.717) is 15.0 Å². The van der Waals surface area contributed by atoms with E-state index in [1.807, 2.05) is 0 Å². The standard InChI is InChI=1S/C12H7Br2NSe/c13-7-1-3-9-11(5-7)16-12-6-8(14)2-4-10(12)15-9/h1-6,15H/q+1. The summed E-state index contributed by atoms with van der Waals surface area (Å²) in [6.07, 6.45) is 0. The molecule has 4 heteroatoms. The third kappa shape index (κ3) is 1.95. The Kier molecular flexibility index (Phi) is 2.84. The molecule has 0 saturated heterocycles. The van der Waals surface area contributed by atoms with Gasteiger partial charge < -0.3 is 0 Å². The molecular weight excluding hydrogens is 397 g/mol. The van der Waals surface area contributed by atoms with Gasteiger partial charge in [-0.3, -0.25) is 0 Å². The van der Waals surface area contributed by atoms with Gasteiger partial charge in [-0.1, -0.05) is 0 Å². The van der Waals surface area contributed by atoms with Gasteiger partial charge in [0, 0.05) is 0 Å². The predicted molar refractivity (Wildman–Crippen MR) is 76.6 cm³/mol. The average molecular weight is 404 g/mol. The molecule has 3 rings (SSSR count). The van der Waals surface area contributed by atoms with Gasteiger partial charge >= 0.3 is 118 Å². The third-order valence-corrected chi connectivity index (χ3v) is 5.70. The second kappa shape index (κ2) is 4.19. The molecule has 1 aliphatic heterocycles. The summed E-state index contributed by atoms with van der Waals surface area (Å²) in [5.41, 5.74) is 2.47. The van der Waals surface area contributed by atoms with Gasteiger partial charge in [0.15, 0.2) is 0 Å². The molecule has 0 spiro atoms. The molecule has 16 heavy (non-hydrogen) atoms. The molecule has 79 valence electrons. The van der Waals surface area contributed by atoms with Gasteiger partial charge in [-0.25, -0.2) is 0 Å². The number of hydrogen-bond acceptors (Lipinski definition) is 1. The summed E-state index contributed by atoms with van der Waals surface area (Å²) in [6, 6.07) is 12.8. The summed E-state index contributed by atoms with van der Waals surface area (Å²) < 4.78 is 5.08. The van der Waals surface area contributed by atoms with Crippen molar-refractivity contribution in [3.8, 4) is 0 Å². The molecule has 1 radical (unpaired) electrons. The normalized spacial score (nSPS) is 12.6. The van der Waals surface area contributed by atoms with E-state index in [-0.39, 0.29) is 0 Å².